The molecule has 2 N–H and O–H groups in total. The highest BCUT2D eigenvalue weighted by atomic mass is 16.5. The Morgan fingerprint density at radius 2 is 1.86 bits per heavy atom. The van der Waals surface area contributed by atoms with Crippen molar-refractivity contribution in [2.24, 2.45) is 0 Å². The number of benzene rings is 1. The van der Waals surface area contributed by atoms with Crippen LogP contribution >= 0.6 is 0 Å². The van der Waals surface area contributed by atoms with Crippen LogP contribution in [-0.4, -0.2) is 35.8 Å². The number of rotatable bonds is 7. The lowest BCUT2D eigenvalue weighted by Gasteiger charge is -2.27. The molecule has 0 saturated heterocycles. The average molecular weight is 307 g/mol. The molecule has 0 bridgehead atoms. The molecule has 0 unspecified atom stereocenters. The van der Waals surface area contributed by atoms with E-state index >= 15 is 0 Å². The lowest BCUT2D eigenvalue weighted by Crippen LogP contribution is -2.43. The first-order valence-electron chi connectivity index (χ1n) is 7.46. The van der Waals surface area contributed by atoms with Crippen molar-refractivity contribution in [2.45, 2.75) is 38.2 Å². The molecule has 22 heavy (non-hydrogen) atoms. The summed E-state index contributed by atoms with van der Waals surface area (Å²) in [6, 6.07) is 6.62. The van der Waals surface area contributed by atoms with Crippen LogP contribution in [0.2, 0.25) is 0 Å². The Bertz CT molecular complexity index is 520. The minimum absolute atomic E-state index is 0.119. The van der Waals surface area contributed by atoms with Gasteiger partial charge < -0.3 is 19.9 Å². The van der Waals surface area contributed by atoms with Crippen molar-refractivity contribution in [3.63, 3.8) is 0 Å². The zero-order chi connectivity index (χ0) is 16.0. The van der Waals surface area contributed by atoms with Gasteiger partial charge in [0.15, 0.2) is 6.61 Å². The van der Waals surface area contributed by atoms with E-state index in [4.69, 9.17) is 14.6 Å². The molecule has 0 aromatic heterocycles. The number of carbonyl (C=O) groups is 2. The normalized spacial score (nSPS) is 16.2. The lowest BCUT2D eigenvalue weighted by atomic mass is 10.0. The third-order valence-corrected chi connectivity index (χ3v) is 3.72. The van der Waals surface area contributed by atoms with Gasteiger partial charge in [-0.3, -0.25) is 4.79 Å². The summed E-state index contributed by atoms with van der Waals surface area (Å²) in [5.74, 6) is -0.705. The molecular weight excluding hydrogens is 286 g/mol. The molecule has 1 fully saturated rings. The van der Waals surface area contributed by atoms with Gasteiger partial charge in [-0.1, -0.05) is 0 Å². The summed E-state index contributed by atoms with van der Waals surface area (Å²) in [6.45, 7) is 2.01. The van der Waals surface area contributed by atoms with Crippen molar-refractivity contribution in [3.05, 3.63) is 24.3 Å². The summed E-state index contributed by atoms with van der Waals surface area (Å²) < 4.78 is 10.8. The van der Waals surface area contributed by atoms with E-state index in [0.717, 1.165) is 25.7 Å². The van der Waals surface area contributed by atoms with Crippen LogP contribution in [0.4, 0.5) is 5.69 Å². The first kappa shape index (κ1) is 16.3. The molecule has 6 nitrogen and oxygen atoms in total. The number of ether oxygens (including phenoxy) is 2. The number of aliphatic carboxylic acids is 1. The maximum atomic E-state index is 12.5. The highest BCUT2D eigenvalue weighted by Crippen LogP contribution is 2.34. The quantitative estimate of drug-likeness (QED) is 0.808. The Labute approximate surface area is 129 Å². The Kier molecular flexibility index (Phi) is 5.38. The van der Waals surface area contributed by atoms with E-state index < -0.39 is 11.6 Å². The van der Waals surface area contributed by atoms with Crippen LogP contribution in [0.15, 0.2) is 24.3 Å². The standard InChI is InChI=1S/C16H21NO5/c1-2-22-16(9-3-4-10-16)15(20)17-12-5-7-13(8-6-12)21-11-14(18)19/h5-8H,2-4,9-11H2,1H3,(H,17,20)(H,18,19). The summed E-state index contributed by atoms with van der Waals surface area (Å²) in [5, 5.41) is 11.4. The van der Waals surface area contributed by atoms with E-state index in [1.807, 2.05) is 6.92 Å². The summed E-state index contributed by atoms with van der Waals surface area (Å²) >= 11 is 0. The van der Waals surface area contributed by atoms with Gasteiger partial charge in [-0.2, -0.15) is 0 Å². The second-order valence-corrected chi connectivity index (χ2v) is 5.30. The number of carboxylic acid groups (broad SMARTS) is 1. The fraction of sp³-hybridized carbons (Fsp3) is 0.500. The van der Waals surface area contributed by atoms with E-state index in [9.17, 15) is 9.59 Å². The molecular formula is C16H21NO5. The zero-order valence-electron chi connectivity index (χ0n) is 12.6. The Balaban J connectivity index is 1.97. The van der Waals surface area contributed by atoms with Crippen LogP contribution in [0.5, 0.6) is 5.75 Å². The molecule has 1 aliphatic rings. The van der Waals surface area contributed by atoms with Gasteiger partial charge in [-0.15, -0.1) is 0 Å². The van der Waals surface area contributed by atoms with Crippen LogP contribution in [0.1, 0.15) is 32.6 Å². The molecule has 120 valence electrons. The predicted octanol–water partition coefficient (Wildman–Crippen LogP) is 2.44. The van der Waals surface area contributed by atoms with Gasteiger partial charge in [0.25, 0.3) is 5.91 Å². The second-order valence-electron chi connectivity index (χ2n) is 5.30. The first-order chi connectivity index (χ1) is 10.6. The number of amides is 1. The summed E-state index contributed by atoms with van der Waals surface area (Å²) in [6.07, 6.45) is 3.48. The average Bonchev–Trinajstić information content (AvgIpc) is 2.97. The number of carboxylic acids is 1. The van der Waals surface area contributed by atoms with Crippen LogP contribution in [0, 0.1) is 0 Å². The highest BCUT2D eigenvalue weighted by Gasteiger charge is 2.41. The SMILES string of the molecule is CCOC1(C(=O)Nc2ccc(OCC(=O)O)cc2)CCCC1. The van der Waals surface area contributed by atoms with Crippen LogP contribution in [0.25, 0.3) is 0 Å². The van der Waals surface area contributed by atoms with Gasteiger partial charge in [0.2, 0.25) is 0 Å². The van der Waals surface area contributed by atoms with Gasteiger partial charge in [-0.25, -0.2) is 4.79 Å². The van der Waals surface area contributed by atoms with Crippen molar-refractivity contribution in [1.29, 1.82) is 0 Å². The van der Waals surface area contributed by atoms with E-state index in [1.165, 1.54) is 0 Å². The molecule has 0 aliphatic heterocycles. The van der Waals surface area contributed by atoms with Crippen LogP contribution < -0.4 is 10.1 Å². The fourth-order valence-corrected chi connectivity index (χ4v) is 2.68. The van der Waals surface area contributed by atoms with Crippen molar-refractivity contribution >= 4 is 17.6 Å². The van der Waals surface area contributed by atoms with Gasteiger partial charge in [0.1, 0.15) is 11.4 Å². The largest absolute Gasteiger partial charge is 0.482 e. The minimum atomic E-state index is -1.03. The Morgan fingerprint density at radius 1 is 1.23 bits per heavy atom. The van der Waals surface area contributed by atoms with Crippen molar-refractivity contribution in [3.8, 4) is 5.75 Å². The molecule has 1 aliphatic carbocycles. The topological polar surface area (TPSA) is 84.9 Å². The molecule has 1 aromatic rings. The molecule has 2 rings (SSSR count). The van der Waals surface area contributed by atoms with E-state index in [0.29, 0.717) is 18.0 Å². The second kappa shape index (κ2) is 7.26. The smallest absolute Gasteiger partial charge is 0.341 e. The van der Waals surface area contributed by atoms with E-state index in [2.05, 4.69) is 5.32 Å². The van der Waals surface area contributed by atoms with Gasteiger partial charge in [0, 0.05) is 12.3 Å². The molecule has 0 radical (unpaired) electrons. The van der Waals surface area contributed by atoms with Crippen LogP contribution in [0.3, 0.4) is 0 Å². The van der Waals surface area contributed by atoms with Crippen molar-refractivity contribution in [2.75, 3.05) is 18.5 Å². The molecule has 0 heterocycles. The number of hydrogen-bond acceptors (Lipinski definition) is 4. The monoisotopic (exact) mass is 307 g/mol. The zero-order valence-corrected chi connectivity index (χ0v) is 12.6. The summed E-state index contributed by atoms with van der Waals surface area (Å²) in [4.78, 5) is 22.9. The molecule has 6 heteroatoms. The first-order valence-corrected chi connectivity index (χ1v) is 7.46. The Morgan fingerprint density at radius 3 is 2.41 bits per heavy atom. The molecule has 1 amide bonds. The van der Waals surface area contributed by atoms with Gasteiger partial charge >= 0.3 is 5.97 Å². The van der Waals surface area contributed by atoms with Gasteiger partial charge in [-0.05, 0) is 56.9 Å². The molecule has 0 spiro atoms. The minimum Gasteiger partial charge on any atom is -0.482 e. The van der Waals surface area contributed by atoms with Crippen molar-refractivity contribution < 1.29 is 24.2 Å². The summed E-state index contributed by atoms with van der Waals surface area (Å²) in [5.41, 5.74) is -0.0774. The Hall–Kier alpha value is -2.08. The fourth-order valence-electron chi connectivity index (χ4n) is 2.68. The number of hydrogen-bond donors (Lipinski definition) is 2. The molecule has 1 aromatic carbocycles. The third-order valence-electron chi connectivity index (χ3n) is 3.72. The maximum Gasteiger partial charge on any atom is 0.341 e. The van der Waals surface area contributed by atoms with Gasteiger partial charge in [0.05, 0.1) is 0 Å². The predicted molar refractivity (Wildman–Crippen MR) is 81.0 cm³/mol. The van der Waals surface area contributed by atoms with Crippen LogP contribution in [-0.2, 0) is 14.3 Å². The molecule has 0 atom stereocenters. The van der Waals surface area contributed by atoms with Crippen molar-refractivity contribution in [1.82, 2.24) is 0 Å². The maximum absolute atomic E-state index is 12.5. The summed E-state index contributed by atoms with van der Waals surface area (Å²) in [7, 11) is 0. The lowest BCUT2D eigenvalue weighted by molar-refractivity contribution is -0.140. The van der Waals surface area contributed by atoms with E-state index in [1.54, 1.807) is 24.3 Å². The number of anilines is 1. The molecule has 1 saturated carbocycles. The number of carbonyl (C=O) groups excluding carboxylic acids is 1. The number of nitrogens with one attached hydrogen (secondary N) is 1. The highest BCUT2D eigenvalue weighted by molar-refractivity contribution is 5.97. The van der Waals surface area contributed by atoms with E-state index in [-0.39, 0.29) is 12.5 Å². The third kappa shape index (κ3) is 3.98.